The summed E-state index contributed by atoms with van der Waals surface area (Å²) in [5, 5.41) is 3.61. The Balaban J connectivity index is 1.62. The summed E-state index contributed by atoms with van der Waals surface area (Å²) in [6.45, 7) is 6.62. The lowest BCUT2D eigenvalue weighted by molar-refractivity contribution is 0.223. The van der Waals surface area contributed by atoms with Gasteiger partial charge >= 0.3 is 0 Å². The standard InChI is InChI=1S/C14H24N4/c1-2-17-9-8-16-14(17)11-18(13-5-6-13)10-12-4-3-7-15-12/h8-9,12-13,15H,2-7,10-11H2,1H3. The van der Waals surface area contributed by atoms with Crippen LogP contribution in [-0.2, 0) is 13.1 Å². The Morgan fingerprint density at radius 2 is 2.33 bits per heavy atom. The number of hydrogen-bond donors (Lipinski definition) is 1. The van der Waals surface area contributed by atoms with Crippen LogP contribution >= 0.6 is 0 Å². The first-order valence-electron chi connectivity index (χ1n) is 7.34. The summed E-state index contributed by atoms with van der Waals surface area (Å²) >= 11 is 0. The number of nitrogens with zero attached hydrogens (tertiary/aromatic N) is 3. The fourth-order valence-electron chi connectivity index (χ4n) is 2.94. The molecule has 1 aliphatic carbocycles. The zero-order valence-corrected chi connectivity index (χ0v) is 11.3. The van der Waals surface area contributed by atoms with E-state index < -0.39 is 0 Å². The Morgan fingerprint density at radius 3 is 3.00 bits per heavy atom. The Labute approximate surface area is 109 Å². The predicted molar refractivity (Wildman–Crippen MR) is 72.4 cm³/mol. The van der Waals surface area contributed by atoms with Crippen molar-refractivity contribution in [2.24, 2.45) is 0 Å². The molecule has 2 fully saturated rings. The number of aromatic nitrogens is 2. The summed E-state index contributed by atoms with van der Waals surface area (Å²) in [6, 6.07) is 1.52. The minimum absolute atomic E-state index is 0.704. The third-order valence-corrected chi connectivity index (χ3v) is 4.17. The van der Waals surface area contributed by atoms with Crippen molar-refractivity contribution in [3.8, 4) is 0 Å². The van der Waals surface area contributed by atoms with Gasteiger partial charge in [0.2, 0.25) is 0 Å². The van der Waals surface area contributed by atoms with E-state index in [0.717, 1.165) is 19.1 Å². The van der Waals surface area contributed by atoms with E-state index in [9.17, 15) is 0 Å². The van der Waals surface area contributed by atoms with Crippen LogP contribution in [0, 0.1) is 0 Å². The quantitative estimate of drug-likeness (QED) is 0.830. The first-order chi connectivity index (χ1) is 8.86. The van der Waals surface area contributed by atoms with E-state index in [4.69, 9.17) is 0 Å². The molecule has 4 heteroatoms. The normalized spacial score (nSPS) is 24.0. The van der Waals surface area contributed by atoms with E-state index in [1.54, 1.807) is 0 Å². The molecule has 18 heavy (non-hydrogen) atoms. The second kappa shape index (κ2) is 5.41. The Kier molecular flexibility index (Phi) is 3.66. The number of nitrogens with one attached hydrogen (secondary N) is 1. The molecule has 2 aliphatic rings. The van der Waals surface area contributed by atoms with Crippen molar-refractivity contribution < 1.29 is 0 Å². The van der Waals surface area contributed by atoms with Gasteiger partial charge in [0, 0.05) is 37.6 Å². The minimum Gasteiger partial charge on any atom is -0.334 e. The topological polar surface area (TPSA) is 33.1 Å². The maximum Gasteiger partial charge on any atom is 0.122 e. The number of hydrogen-bond acceptors (Lipinski definition) is 3. The summed E-state index contributed by atoms with van der Waals surface area (Å²) in [5.74, 6) is 1.22. The van der Waals surface area contributed by atoms with Gasteiger partial charge in [-0.25, -0.2) is 4.98 Å². The van der Waals surface area contributed by atoms with Crippen molar-refractivity contribution in [1.82, 2.24) is 19.8 Å². The summed E-state index contributed by atoms with van der Waals surface area (Å²) in [5.41, 5.74) is 0. The van der Waals surface area contributed by atoms with E-state index in [1.165, 1.54) is 44.6 Å². The van der Waals surface area contributed by atoms with E-state index in [-0.39, 0.29) is 0 Å². The van der Waals surface area contributed by atoms with Gasteiger partial charge in [-0.3, -0.25) is 4.90 Å². The van der Waals surface area contributed by atoms with Crippen LogP contribution in [0.15, 0.2) is 12.4 Å². The van der Waals surface area contributed by atoms with Crippen LogP contribution in [-0.4, -0.2) is 39.6 Å². The third kappa shape index (κ3) is 2.75. The molecule has 4 nitrogen and oxygen atoms in total. The lowest BCUT2D eigenvalue weighted by Gasteiger charge is -2.25. The molecular weight excluding hydrogens is 224 g/mol. The molecule has 0 spiro atoms. The number of rotatable bonds is 6. The molecule has 0 bridgehead atoms. The second-order valence-electron chi connectivity index (χ2n) is 5.58. The zero-order chi connectivity index (χ0) is 12.4. The van der Waals surface area contributed by atoms with Crippen molar-refractivity contribution in [2.75, 3.05) is 13.1 Å². The van der Waals surface area contributed by atoms with Crippen LogP contribution in [0.2, 0.25) is 0 Å². The zero-order valence-electron chi connectivity index (χ0n) is 11.3. The molecule has 1 unspecified atom stereocenters. The van der Waals surface area contributed by atoms with Crippen LogP contribution in [0.5, 0.6) is 0 Å². The molecule has 3 rings (SSSR count). The molecule has 1 N–H and O–H groups in total. The molecule has 2 heterocycles. The van der Waals surface area contributed by atoms with Gasteiger partial charge in [-0.1, -0.05) is 0 Å². The molecule has 1 aromatic rings. The summed E-state index contributed by atoms with van der Waals surface area (Å²) in [6.07, 6.45) is 9.45. The van der Waals surface area contributed by atoms with Gasteiger partial charge in [-0.05, 0) is 39.2 Å². The molecule has 1 saturated heterocycles. The van der Waals surface area contributed by atoms with Crippen LogP contribution < -0.4 is 5.32 Å². The molecule has 100 valence electrons. The van der Waals surface area contributed by atoms with Gasteiger partial charge in [-0.2, -0.15) is 0 Å². The highest BCUT2D eigenvalue weighted by Gasteiger charge is 2.31. The van der Waals surface area contributed by atoms with E-state index in [2.05, 4.69) is 32.9 Å². The van der Waals surface area contributed by atoms with Gasteiger partial charge < -0.3 is 9.88 Å². The molecular formula is C14H24N4. The molecule has 1 aromatic heterocycles. The van der Waals surface area contributed by atoms with Crippen molar-refractivity contribution in [1.29, 1.82) is 0 Å². The summed E-state index contributed by atoms with van der Waals surface area (Å²) in [4.78, 5) is 7.15. The van der Waals surface area contributed by atoms with Crippen molar-refractivity contribution in [2.45, 2.75) is 57.8 Å². The van der Waals surface area contributed by atoms with Gasteiger partial charge in [-0.15, -0.1) is 0 Å². The molecule has 0 aromatic carbocycles. The van der Waals surface area contributed by atoms with E-state index in [1.807, 2.05) is 6.20 Å². The Morgan fingerprint density at radius 1 is 1.44 bits per heavy atom. The first-order valence-corrected chi connectivity index (χ1v) is 7.34. The van der Waals surface area contributed by atoms with E-state index in [0.29, 0.717) is 6.04 Å². The van der Waals surface area contributed by atoms with Crippen LogP contribution in [0.1, 0.15) is 38.4 Å². The van der Waals surface area contributed by atoms with E-state index >= 15 is 0 Å². The molecule has 1 atom stereocenters. The van der Waals surface area contributed by atoms with Crippen molar-refractivity contribution in [3.63, 3.8) is 0 Å². The second-order valence-corrected chi connectivity index (χ2v) is 5.58. The molecule has 0 amide bonds. The maximum atomic E-state index is 4.51. The minimum atomic E-state index is 0.704. The van der Waals surface area contributed by atoms with Crippen LogP contribution in [0.3, 0.4) is 0 Å². The third-order valence-electron chi connectivity index (χ3n) is 4.17. The average molecular weight is 248 g/mol. The first kappa shape index (κ1) is 12.2. The highest BCUT2D eigenvalue weighted by molar-refractivity contribution is 4.96. The molecule has 1 saturated carbocycles. The van der Waals surface area contributed by atoms with Crippen LogP contribution in [0.4, 0.5) is 0 Å². The van der Waals surface area contributed by atoms with Crippen molar-refractivity contribution in [3.05, 3.63) is 18.2 Å². The highest BCUT2D eigenvalue weighted by Crippen LogP contribution is 2.28. The summed E-state index contributed by atoms with van der Waals surface area (Å²) in [7, 11) is 0. The lowest BCUT2D eigenvalue weighted by atomic mass is 10.2. The van der Waals surface area contributed by atoms with Crippen LogP contribution in [0.25, 0.3) is 0 Å². The summed E-state index contributed by atoms with van der Waals surface area (Å²) < 4.78 is 2.26. The van der Waals surface area contributed by atoms with Gasteiger partial charge in [0.25, 0.3) is 0 Å². The van der Waals surface area contributed by atoms with Gasteiger partial charge in [0.05, 0.1) is 6.54 Å². The Bertz CT molecular complexity index is 377. The number of aryl methyl sites for hydroxylation is 1. The molecule has 0 radical (unpaired) electrons. The van der Waals surface area contributed by atoms with Gasteiger partial charge in [0.1, 0.15) is 5.82 Å². The maximum absolute atomic E-state index is 4.51. The SMILES string of the molecule is CCn1ccnc1CN(CC1CCCN1)C1CC1. The number of imidazole rings is 1. The predicted octanol–water partition coefficient (Wildman–Crippen LogP) is 1.62. The molecule has 1 aliphatic heterocycles. The fourth-order valence-corrected chi connectivity index (χ4v) is 2.94. The lowest BCUT2D eigenvalue weighted by Crippen LogP contribution is -2.39. The largest absolute Gasteiger partial charge is 0.334 e. The Hall–Kier alpha value is -0.870. The monoisotopic (exact) mass is 248 g/mol. The smallest absolute Gasteiger partial charge is 0.122 e. The average Bonchev–Trinajstić information content (AvgIpc) is 2.92. The highest BCUT2D eigenvalue weighted by atomic mass is 15.2. The van der Waals surface area contributed by atoms with Gasteiger partial charge in [0.15, 0.2) is 0 Å². The van der Waals surface area contributed by atoms with Crippen molar-refractivity contribution >= 4 is 0 Å². The fraction of sp³-hybridized carbons (Fsp3) is 0.786.